The molecule has 0 aliphatic heterocycles. The van der Waals surface area contributed by atoms with E-state index >= 15 is 0 Å². The second-order valence-electron chi connectivity index (χ2n) is 6.98. The second kappa shape index (κ2) is 9.26. The van der Waals surface area contributed by atoms with Gasteiger partial charge in [0.15, 0.2) is 0 Å². The molecule has 0 amide bonds. The highest BCUT2D eigenvalue weighted by molar-refractivity contribution is 6.01. The number of aliphatic imine (C=N–C) groups is 1. The number of esters is 1. The Hall–Kier alpha value is -4.26. The number of carbonyl (C=O) groups excluding carboxylic acids is 1. The minimum Gasteiger partial charge on any atom is -0.494 e. The van der Waals surface area contributed by atoms with E-state index in [0.717, 1.165) is 5.69 Å². The third kappa shape index (κ3) is 4.13. The van der Waals surface area contributed by atoms with Crippen LogP contribution in [0.5, 0.6) is 5.88 Å². The van der Waals surface area contributed by atoms with Crippen LogP contribution in [0.25, 0.3) is 16.5 Å². The van der Waals surface area contributed by atoms with Gasteiger partial charge in [-0.05, 0) is 49.4 Å². The standard InChI is InChI=1S/C25H21N3O4/c1-2-32-25(31)17-10-12-19(13-11-17)28-23(29)21-9-4-3-8-20(21)22(24(28)30)16-26-15-18-7-5-6-14-27-18/h3-14,16,30H,2,15H2,1H3. The average molecular weight is 427 g/mol. The Morgan fingerprint density at radius 1 is 1.06 bits per heavy atom. The minimum atomic E-state index is -0.448. The zero-order valence-electron chi connectivity index (χ0n) is 17.4. The van der Waals surface area contributed by atoms with Gasteiger partial charge in [0.1, 0.15) is 0 Å². The number of aromatic hydroxyl groups is 1. The third-order valence-electron chi connectivity index (χ3n) is 4.94. The number of fused-ring (bicyclic) bond motifs is 1. The lowest BCUT2D eigenvalue weighted by Gasteiger charge is -2.14. The van der Waals surface area contributed by atoms with E-state index in [1.807, 2.05) is 18.2 Å². The molecular formula is C25H21N3O4. The molecule has 0 radical (unpaired) electrons. The Bertz CT molecular complexity index is 1340. The Morgan fingerprint density at radius 3 is 2.47 bits per heavy atom. The zero-order chi connectivity index (χ0) is 22.5. The van der Waals surface area contributed by atoms with Crippen LogP contribution in [-0.2, 0) is 11.3 Å². The maximum Gasteiger partial charge on any atom is 0.338 e. The van der Waals surface area contributed by atoms with Crippen LogP contribution in [0.4, 0.5) is 0 Å². The van der Waals surface area contributed by atoms with Crippen molar-refractivity contribution in [2.45, 2.75) is 13.5 Å². The maximum absolute atomic E-state index is 13.2. The van der Waals surface area contributed by atoms with Gasteiger partial charge in [-0.1, -0.05) is 24.3 Å². The number of nitrogens with zero attached hydrogens (tertiary/aromatic N) is 3. The molecular weight excluding hydrogens is 406 g/mol. The van der Waals surface area contributed by atoms with Gasteiger partial charge in [0.2, 0.25) is 5.88 Å². The monoisotopic (exact) mass is 427 g/mol. The Balaban J connectivity index is 1.80. The van der Waals surface area contributed by atoms with Gasteiger partial charge in [-0.15, -0.1) is 0 Å². The highest BCUT2D eigenvalue weighted by Crippen LogP contribution is 2.26. The van der Waals surface area contributed by atoms with Crippen LogP contribution in [0.3, 0.4) is 0 Å². The molecule has 0 saturated heterocycles. The summed E-state index contributed by atoms with van der Waals surface area (Å²) in [5, 5.41) is 12.1. The van der Waals surface area contributed by atoms with E-state index in [4.69, 9.17) is 4.74 Å². The van der Waals surface area contributed by atoms with E-state index < -0.39 is 5.97 Å². The van der Waals surface area contributed by atoms with Crippen molar-refractivity contribution in [2.75, 3.05) is 6.61 Å². The Kier molecular flexibility index (Phi) is 6.07. The van der Waals surface area contributed by atoms with Gasteiger partial charge in [-0.3, -0.25) is 14.8 Å². The SMILES string of the molecule is CCOC(=O)c1ccc(-n2c(O)c(C=NCc3ccccn3)c3ccccc3c2=O)cc1. The van der Waals surface area contributed by atoms with Crippen molar-refractivity contribution in [3.63, 3.8) is 0 Å². The first kappa shape index (κ1) is 21.0. The number of benzene rings is 2. The Labute approximate surface area is 184 Å². The van der Waals surface area contributed by atoms with Crippen molar-refractivity contribution in [3.05, 3.63) is 100 Å². The fraction of sp³-hybridized carbons (Fsp3) is 0.120. The summed E-state index contributed by atoms with van der Waals surface area (Å²) in [5.74, 6) is -0.682. The summed E-state index contributed by atoms with van der Waals surface area (Å²) < 4.78 is 6.21. The van der Waals surface area contributed by atoms with Crippen LogP contribution in [0.1, 0.15) is 28.5 Å². The summed E-state index contributed by atoms with van der Waals surface area (Å²) in [5.41, 5.74) is 1.62. The number of rotatable bonds is 6. The van der Waals surface area contributed by atoms with Crippen molar-refractivity contribution in [2.24, 2.45) is 4.99 Å². The topological polar surface area (TPSA) is 93.8 Å². The quantitative estimate of drug-likeness (QED) is 0.372. The van der Waals surface area contributed by atoms with Crippen LogP contribution in [0, 0.1) is 0 Å². The molecule has 0 spiro atoms. The van der Waals surface area contributed by atoms with Crippen LogP contribution >= 0.6 is 0 Å². The lowest BCUT2D eigenvalue weighted by molar-refractivity contribution is 0.0526. The smallest absolute Gasteiger partial charge is 0.338 e. The molecule has 32 heavy (non-hydrogen) atoms. The number of ether oxygens (including phenoxy) is 1. The molecule has 4 rings (SSSR count). The van der Waals surface area contributed by atoms with E-state index in [2.05, 4.69) is 9.98 Å². The molecule has 0 aliphatic carbocycles. The number of aromatic nitrogens is 2. The molecule has 0 bridgehead atoms. The fourth-order valence-electron chi connectivity index (χ4n) is 3.41. The van der Waals surface area contributed by atoms with Gasteiger partial charge in [0, 0.05) is 23.2 Å². The van der Waals surface area contributed by atoms with E-state index in [0.29, 0.717) is 34.1 Å². The zero-order valence-corrected chi connectivity index (χ0v) is 17.4. The molecule has 2 aromatic carbocycles. The number of hydrogen-bond donors (Lipinski definition) is 1. The summed E-state index contributed by atoms with van der Waals surface area (Å²) in [4.78, 5) is 33.8. The fourth-order valence-corrected chi connectivity index (χ4v) is 3.41. The van der Waals surface area contributed by atoms with Crippen LogP contribution in [-0.4, -0.2) is 33.4 Å². The lowest BCUT2D eigenvalue weighted by Crippen LogP contribution is -2.20. The maximum atomic E-state index is 13.2. The summed E-state index contributed by atoms with van der Waals surface area (Å²) in [6.07, 6.45) is 3.24. The Morgan fingerprint density at radius 2 is 1.78 bits per heavy atom. The van der Waals surface area contributed by atoms with Gasteiger partial charge in [0.25, 0.3) is 5.56 Å². The van der Waals surface area contributed by atoms with E-state index in [1.165, 1.54) is 4.57 Å². The third-order valence-corrected chi connectivity index (χ3v) is 4.94. The molecule has 2 heterocycles. The normalized spacial score (nSPS) is 11.2. The van der Waals surface area contributed by atoms with E-state index in [9.17, 15) is 14.7 Å². The van der Waals surface area contributed by atoms with E-state index in [-0.39, 0.29) is 18.0 Å². The van der Waals surface area contributed by atoms with E-state index in [1.54, 1.807) is 67.9 Å². The van der Waals surface area contributed by atoms with Gasteiger partial charge in [0.05, 0.1) is 35.7 Å². The van der Waals surface area contributed by atoms with Gasteiger partial charge >= 0.3 is 5.97 Å². The van der Waals surface area contributed by atoms with Gasteiger partial charge < -0.3 is 9.84 Å². The first-order chi connectivity index (χ1) is 15.6. The molecule has 0 unspecified atom stereocenters. The largest absolute Gasteiger partial charge is 0.494 e. The van der Waals surface area contributed by atoms with Crippen molar-refractivity contribution < 1.29 is 14.6 Å². The molecule has 0 saturated carbocycles. The van der Waals surface area contributed by atoms with Gasteiger partial charge in [-0.25, -0.2) is 9.36 Å². The first-order valence-corrected chi connectivity index (χ1v) is 10.1. The minimum absolute atomic E-state index is 0.234. The predicted octanol–water partition coefficient (Wildman–Crippen LogP) is 3.89. The highest BCUT2D eigenvalue weighted by atomic mass is 16.5. The molecule has 7 heteroatoms. The molecule has 1 N–H and O–H groups in total. The van der Waals surface area contributed by atoms with Crippen molar-refractivity contribution in [3.8, 4) is 11.6 Å². The highest BCUT2D eigenvalue weighted by Gasteiger charge is 2.17. The van der Waals surface area contributed by atoms with Crippen molar-refractivity contribution in [1.29, 1.82) is 0 Å². The molecule has 0 aliphatic rings. The van der Waals surface area contributed by atoms with Crippen LogP contribution < -0.4 is 5.56 Å². The van der Waals surface area contributed by atoms with Gasteiger partial charge in [-0.2, -0.15) is 0 Å². The molecule has 0 fully saturated rings. The number of hydrogen-bond acceptors (Lipinski definition) is 6. The second-order valence-corrected chi connectivity index (χ2v) is 6.98. The van der Waals surface area contributed by atoms with Crippen molar-refractivity contribution >= 4 is 23.0 Å². The first-order valence-electron chi connectivity index (χ1n) is 10.1. The summed E-state index contributed by atoms with van der Waals surface area (Å²) in [6.45, 7) is 2.34. The lowest BCUT2D eigenvalue weighted by atomic mass is 10.1. The summed E-state index contributed by atoms with van der Waals surface area (Å²) in [7, 11) is 0. The summed E-state index contributed by atoms with van der Waals surface area (Å²) >= 11 is 0. The average Bonchev–Trinajstić information content (AvgIpc) is 2.82. The molecule has 4 aromatic rings. The molecule has 2 aromatic heterocycles. The number of pyridine rings is 2. The predicted molar refractivity (Wildman–Crippen MR) is 123 cm³/mol. The van der Waals surface area contributed by atoms with Crippen LogP contribution in [0.15, 0.2) is 82.7 Å². The number of carbonyl (C=O) groups is 1. The molecule has 160 valence electrons. The summed E-state index contributed by atoms with van der Waals surface area (Å²) in [6, 6.07) is 18.9. The molecule has 0 atom stereocenters. The molecule has 7 nitrogen and oxygen atoms in total. The van der Waals surface area contributed by atoms with Crippen molar-refractivity contribution in [1.82, 2.24) is 9.55 Å². The van der Waals surface area contributed by atoms with Crippen LogP contribution in [0.2, 0.25) is 0 Å².